The smallest absolute Gasteiger partial charge is 0.192 e. The molecular weight excluding hydrogens is 152 g/mol. The van der Waals surface area contributed by atoms with E-state index in [1.807, 2.05) is 0 Å². The first-order chi connectivity index (χ1) is 5.04. The molecule has 4 N–H and O–H groups in total. The van der Waals surface area contributed by atoms with Crippen LogP contribution in [0.25, 0.3) is 0 Å². The van der Waals surface area contributed by atoms with Crippen LogP contribution in [0, 0.1) is 0 Å². The Morgan fingerprint density at radius 2 is 1.73 bits per heavy atom. The zero-order valence-corrected chi connectivity index (χ0v) is 5.71. The van der Waals surface area contributed by atoms with E-state index in [0.29, 0.717) is 0 Å². The molecule has 5 nitrogen and oxygen atoms in total. The van der Waals surface area contributed by atoms with Crippen LogP contribution in [0.1, 0.15) is 6.42 Å². The summed E-state index contributed by atoms with van der Waals surface area (Å²) in [5, 5.41) is 35.5. The summed E-state index contributed by atoms with van der Waals surface area (Å²) in [5.74, 6) is -0.831. The summed E-state index contributed by atoms with van der Waals surface area (Å²) >= 11 is 0. The van der Waals surface area contributed by atoms with Gasteiger partial charge in [-0.1, -0.05) is 0 Å². The van der Waals surface area contributed by atoms with Crippen molar-refractivity contribution >= 4 is 5.78 Å². The van der Waals surface area contributed by atoms with Gasteiger partial charge in [-0.3, -0.25) is 4.79 Å². The zero-order chi connectivity index (χ0) is 8.59. The lowest BCUT2D eigenvalue weighted by molar-refractivity contribution is -0.160. The highest BCUT2D eigenvalue weighted by atomic mass is 16.4. The molecule has 0 heterocycles. The Hall–Kier alpha value is -0.490. The summed E-state index contributed by atoms with van der Waals surface area (Å²) in [7, 11) is 0. The van der Waals surface area contributed by atoms with Crippen molar-refractivity contribution in [1.82, 2.24) is 0 Å². The van der Waals surface area contributed by atoms with Crippen molar-refractivity contribution in [2.24, 2.45) is 0 Å². The van der Waals surface area contributed by atoms with E-state index in [-0.39, 0.29) is 6.42 Å². The Labute approximate surface area is 62.9 Å². The first kappa shape index (κ1) is 8.61. The van der Waals surface area contributed by atoms with E-state index in [0.717, 1.165) is 0 Å². The van der Waals surface area contributed by atoms with Crippen molar-refractivity contribution in [3.63, 3.8) is 0 Å². The van der Waals surface area contributed by atoms with Gasteiger partial charge in [-0.15, -0.1) is 0 Å². The second-order valence-corrected chi connectivity index (χ2v) is 2.66. The van der Waals surface area contributed by atoms with Crippen LogP contribution in [0.3, 0.4) is 0 Å². The first-order valence-electron chi connectivity index (χ1n) is 3.30. The van der Waals surface area contributed by atoms with E-state index >= 15 is 0 Å². The molecule has 0 spiro atoms. The molecule has 0 bridgehead atoms. The Morgan fingerprint density at radius 3 is 2.27 bits per heavy atom. The van der Waals surface area contributed by atoms with Crippen LogP contribution in [0.5, 0.6) is 0 Å². The topological polar surface area (TPSA) is 98.0 Å². The molecule has 4 atom stereocenters. The molecule has 0 aromatic rings. The van der Waals surface area contributed by atoms with Gasteiger partial charge in [-0.25, -0.2) is 0 Å². The lowest BCUT2D eigenvalue weighted by Crippen LogP contribution is -2.53. The number of aliphatic hydroxyl groups excluding tert-OH is 4. The number of Topliss-reactive ketones (excluding diaryl/α,β-unsaturated/α-hetero) is 1. The molecule has 64 valence electrons. The number of carbonyl (C=O) groups is 1. The second kappa shape index (κ2) is 2.86. The highest BCUT2D eigenvalue weighted by molar-refractivity contribution is 5.88. The molecule has 1 rings (SSSR count). The third-order valence-electron chi connectivity index (χ3n) is 1.80. The molecule has 11 heavy (non-hydrogen) atoms. The Bertz CT molecular complexity index is 168. The number of ketones is 1. The van der Waals surface area contributed by atoms with Crippen LogP contribution >= 0.6 is 0 Å². The van der Waals surface area contributed by atoms with E-state index in [4.69, 9.17) is 20.4 Å². The van der Waals surface area contributed by atoms with E-state index in [1.54, 1.807) is 0 Å². The average molecular weight is 162 g/mol. The average Bonchev–Trinajstić information content (AvgIpc) is 1.97. The third-order valence-corrected chi connectivity index (χ3v) is 1.80. The maximum atomic E-state index is 10.7. The van der Waals surface area contributed by atoms with Gasteiger partial charge in [0.15, 0.2) is 5.78 Å². The normalized spacial score (nSPS) is 46.0. The predicted octanol–water partition coefficient (Wildman–Crippen LogP) is -2.60. The van der Waals surface area contributed by atoms with Crippen molar-refractivity contribution in [3.05, 3.63) is 0 Å². The molecule has 5 heteroatoms. The number of hydrogen-bond acceptors (Lipinski definition) is 5. The SMILES string of the molecule is O=C1C(O)[C@H](O)C(O)C[C@@H]1O. The second-order valence-electron chi connectivity index (χ2n) is 2.66. The molecule has 0 aliphatic heterocycles. The molecule has 1 fully saturated rings. The van der Waals surface area contributed by atoms with E-state index in [2.05, 4.69) is 0 Å². The predicted molar refractivity (Wildman–Crippen MR) is 33.7 cm³/mol. The third kappa shape index (κ3) is 1.41. The van der Waals surface area contributed by atoms with Crippen molar-refractivity contribution in [3.8, 4) is 0 Å². The van der Waals surface area contributed by atoms with Gasteiger partial charge in [0.05, 0.1) is 6.10 Å². The van der Waals surface area contributed by atoms with Gasteiger partial charge in [0.1, 0.15) is 18.3 Å². The van der Waals surface area contributed by atoms with E-state index in [9.17, 15) is 4.79 Å². The number of aliphatic hydroxyl groups is 4. The van der Waals surface area contributed by atoms with Gasteiger partial charge in [0, 0.05) is 6.42 Å². The minimum Gasteiger partial charge on any atom is -0.390 e. The van der Waals surface area contributed by atoms with Gasteiger partial charge >= 0.3 is 0 Å². The van der Waals surface area contributed by atoms with Crippen LogP contribution < -0.4 is 0 Å². The molecule has 0 saturated heterocycles. The van der Waals surface area contributed by atoms with Crippen LogP contribution in [0.4, 0.5) is 0 Å². The zero-order valence-electron chi connectivity index (χ0n) is 5.71. The molecule has 0 aromatic heterocycles. The standard InChI is InChI=1S/C6H10O5/c7-2-1-3(8)5(10)6(11)4(2)9/h2-4,6-9,11H,1H2/t2?,3-,4+,6?/m0/s1. The minimum atomic E-state index is -1.66. The largest absolute Gasteiger partial charge is 0.390 e. The van der Waals surface area contributed by atoms with Crippen molar-refractivity contribution in [2.45, 2.75) is 30.8 Å². The maximum Gasteiger partial charge on any atom is 0.192 e. The van der Waals surface area contributed by atoms with Gasteiger partial charge in [0.2, 0.25) is 0 Å². The number of rotatable bonds is 0. The molecule has 0 aromatic carbocycles. The molecule has 1 aliphatic rings. The van der Waals surface area contributed by atoms with Gasteiger partial charge in [-0.2, -0.15) is 0 Å². The Morgan fingerprint density at radius 1 is 1.18 bits per heavy atom. The lowest BCUT2D eigenvalue weighted by Gasteiger charge is -2.29. The highest BCUT2D eigenvalue weighted by Gasteiger charge is 2.40. The molecule has 0 radical (unpaired) electrons. The van der Waals surface area contributed by atoms with Crippen LogP contribution in [0.15, 0.2) is 0 Å². The monoisotopic (exact) mass is 162 g/mol. The summed E-state index contributed by atoms with van der Waals surface area (Å²) in [6.07, 6.45) is -5.92. The summed E-state index contributed by atoms with van der Waals surface area (Å²) in [6, 6.07) is 0. The summed E-state index contributed by atoms with van der Waals surface area (Å²) in [6.45, 7) is 0. The highest BCUT2D eigenvalue weighted by Crippen LogP contribution is 2.16. The summed E-state index contributed by atoms with van der Waals surface area (Å²) < 4.78 is 0. The molecule has 0 amide bonds. The fourth-order valence-electron chi connectivity index (χ4n) is 1.06. The van der Waals surface area contributed by atoms with E-state index < -0.39 is 30.2 Å². The summed E-state index contributed by atoms with van der Waals surface area (Å²) in [5.41, 5.74) is 0. The molecule has 1 aliphatic carbocycles. The van der Waals surface area contributed by atoms with Crippen molar-refractivity contribution < 1.29 is 25.2 Å². The Balaban J connectivity index is 2.70. The fraction of sp³-hybridized carbons (Fsp3) is 0.833. The van der Waals surface area contributed by atoms with Crippen LogP contribution in [0.2, 0.25) is 0 Å². The Kier molecular flexibility index (Phi) is 2.24. The molecule has 1 saturated carbocycles. The maximum absolute atomic E-state index is 10.7. The number of carbonyl (C=O) groups excluding carboxylic acids is 1. The van der Waals surface area contributed by atoms with Gasteiger partial charge < -0.3 is 20.4 Å². The minimum absolute atomic E-state index is 0.211. The van der Waals surface area contributed by atoms with Gasteiger partial charge in [-0.05, 0) is 0 Å². The molecule has 2 unspecified atom stereocenters. The van der Waals surface area contributed by atoms with Crippen molar-refractivity contribution in [1.29, 1.82) is 0 Å². The summed E-state index contributed by atoms with van der Waals surface area (Å²) in [4.78, 5) is 10.7. The van der Waals surface area contributed by atoms with E-state index in [1.165, 1.54) is 0 Å². The quantitative estimate of drug-likeness (QED) is 0.313. The first-order valence-corrected chi connectivity index (χ1v) is 3.30. The van der Waals surface area contributed by atoms with Crippen molar-refractivity contribution in [2.75, 3.05) is 0 Å². The fourth-order valence-corrected chi connectivity index (χ4v) is 1.06. The van der Waals surface area contributed by atoms with Gasteiger partial charge in [0.25, 0.3) is 0 Å². The number of hydrogen-bond donors (Lipinski definition) is 4. The van der Waals surface area contributed by atoms with Crippen LogP contribution in [-0.2, 0) is 4.79 Å². The van der Waals surface area contributed by atoms with Crippen LogP contribution in [-0.4, -0.2) is 50.6 Å². The molecular formula is C6H10O5. The lowest BCUT2D eigenvalue weighted by atomic mass is 9.89.